The van der Waals surface area contributed by atoms with E-state index in [1.165, 1.54) is 7.11 Å². The van der Waals surface area contributed by atoms with Crippen molar-refractivity contribution in [2.24, 2.45) is 5.92 Å². The number of methoxy groups -OCH3 is 1. The largest absolute Gasteiger partial charge is 0.468 e. The van der Waals surface area contributed by atoms with E-state index in [4.69, 9.17) is 4.74 Å². The van der Waals surface area contributed by atoms with Gasteiger partial charge in [-0.15, -0.1) is 0 Å². The Morgan fingerprint density at radius 1 is 1.64 bits per heavy atom. The summed E-state index contributed by atoms with van der Waals surface area (Å²) in [5.74, 6) is 0.702. The van der Waals surface area contributed by atoms with E-state index < -0.39 is 0 Å². The Morgan fingerprint density at radius 3 is 2.64 bits per heavy atom. The number of rotatable bonds is 1. The minimum Gasteiger partial charge on any atom is -0.468 e. The van der Waals surface area contributed by atoms with Gasteiger partial charge in [0.25, 0.3) is 0 Å². The zero-order chi connectivity index (χ0) is 8.06. The molecule has 2 aliphatic heterocycles. The first-order valence-electron chi connectivity index (χ1n) is 3.99. The van der Waals surface area contributed by atoms with Crippen LogP contribution in [0.15, 0.2) is 0 Å². The van der Waals surface area contributed by atoms with Gasteiger partial charge in [-0.25, -0.2) is 0 Å². The van der Waals surface area contributed by atoms with Gasteiger partial charge in [-0.2, -0.15) is 0 Å². The van der Waals surface area contributed by atoms with Crippen molar-refractivity contribution in [2.45, 2.75) is 18.4 Å². The Bertz CT molecular complexity index is 196. The molecule has 0 N–H and O–H groups in total. The van der Waals surface area contributed by atoms with Crippen molar-refractivity contribution in [2.75, 3.05) is 20.7 Å². The van der Waals surface area contributed by atoms with Gasteiger partial charge in [0.2, 0.25) is 0 Å². The monoisotopic (exact) mass is 155 g/mol. The number of hydrogen-bond acceptors (Lipinski definition) is 3. The van der Waals surface area contributed by atoms with Crippen LogP contribution in [0.25, 0.3) is 0 Å². The second-order valence-corrected chi connectivity index (χ2v) is 3.68. The van der Waals surface area contributed by atoms with Gasteiger partial charge in [-0.1, -0.05) is 0 Å². The molecule has 0 aromatic rings. The highest BCUT2D eigenvalue weighted by atomic mass is 16.5. The average Bonchev–Trinajstić information content (AvgIpc) is 2.38. The van der Waals surface area contributed by atoms with E-state index in [1.807, 2.05) is 7.05 Å². The summed E-state index contributed by atoms with van der Waals surface area (Å²) < 4.78 is 4.76. The molecule has 0 aromatic heterocycles. The Kier molecular flexibility index (Phi) is 1.27. The first-order valence-corrected chi connectivity index (χ1v) is 3.99. The lowest BCUT2D eigenvalue weighted by molar-refractivity contribution is -0.155. The van der Waals surface area contributed by atoms with Crippen LogP contribution in [-0.2, 0) is 9.53 Å². The van der Waals surface area contributed by atoms with Crippen molar-refractivity contribution in [1.29, 1.82) is 0 Å². The molecule has 1 aliphatic carbocycles. The van der Waals surface area contributed by atoms with Gasteiger partial charge in [0.15, 0.2) is 0 Å². The summed E-state index contributed by atoms with van der Waals surface area (Å²) in [6.07, 6.45) is 2.02. The molecule has 62 valence electrons. The van der Waals surface area contributed by atoms with Gasteiger partial charge >= 0.3 is 5.97 Å². The second-order valence-electron chi connectivity index (χ2n) is 3.68. The predicted octanol–water partition coefficient (Wildman–Crippen LogP) is 0.254. The quantitative estimate of drug-likeness (QED) is 0.508. The minimum atomic E-state index is -0.223. The summed E-state index contributed by atoms with van der Waals surface area (Å²) in [6.45, 7) is 1.06. The number of likely N-dealkylation sites (N-methyl/N-ethyl adjacent to an activating group) is 1. The third kappa shape index (κ3) is 0.692. The van der Waals surface area contributed by atoms with Crippen LogP contribution in [-0.4, -0.2) is 37.1 Å². The summed E-state index contributed by atoms with van der Waals surface area (Å²) in [7, 11) is 3.47. The number of carbonyl (C=O) groups excluding carboxylic acids is 1. The topological polar surface area (TPSA) is 29.5 Å². The lowest BCUT2D eigenvalue weighted by Crippen LogP contribution is -2.51. The third-order valence-corrected chi connectivity index (χ3v) is 3.08. The first kappa shape index (κ1) is 7.10. The van der Waals surface area contributed by atoms with Gasteiger partial charge in [-0.3, -0.25) is 9.69 Å². The Labute approximate surface area is 66.3 Å². The molecular formula is C8H13NO2. The molecule has 0 aromatic carbocycles. The van der Waals surface area contributed by atoms with E-state index in [0.29, 0.717) is 0 Å². The number of nitrogens with zero attached hydrogens (tertiary/aromatic N) is 1. The van der Waals surface area contributed by atoms with Gasteiger partial charge < -0.3 is 4.74 Å². The highest BCUT2D eigenvalue weighted by Gasteiger charge is 2.60. The maximum Gasteiger partial charge on any atom is 0.326 e. The molecule has 3 fully saturated rings. The van der Waals surface area contributed by atoms with Crippen LogP contribution < -0.4 is 0 Å². The molecular weight excluding hydrogens is 142 g/mol. The third-order valence-electron chi connectivity index (χ3n) is 3.08. The number of hydrogen-bond donors (Lipinski definition) is 0. The van der Waals surface area contributed by atoms with E-state index in [-0.39, 0.29) is 11.5 Å². The Balaban J connectivity index is 2.18. The van der Waals surface area contributed by atoms with Crippen molar-refractivity contribution < 1.29 is 9.53 Å². The van der Waals surface area contributed by atoms with Crippen LogP contribution in [0.1, 0.15) is 12.8 Å². The normalized spacial score (nSPS) is 41.8. The molecule has 3 aliphatic rings. The maximum atomic E-state index is 11.3. The fraction of sp³-hybridized carbons (Fsp3) is 0.875. The van der Waals surface area contributed by atoms with Gasteiger partial charge in [-0.05, 0) is 25.8 Å². The zero-order valence-corrected chi connectivity index (χ0v) is 6.96. The molecule has 0 unspecified atom stereocenters. The highest BCUT2D eigenvalue weighted by Crippen LogP contribution is 2.49. The van der Waals surface area contributed by atoms with Crippen LogP contribution >= 0.6 is 0 Å². The fourth-order valence-electron chi connectivity index (χ4n) is 2.41. The summed E-state index contributed by atoms with van der Waals surface area (Å²) >= 11 is 0. The van der Waals surface area contributed by atoms with Crippen molar-refractivity contribution >= 4 is 5.97 Å². The summed E-state index contributed by atoms with van der Waals surface area (Å²) in [5, 5.41) is 0. The number of esters is 1. The molecule has 11 heavy (non-hydrogen) atoms. The van der Waals surface area contributed by atoms with Gasteiger partial charge in [0, 0.05) is 6.54 Å². The lowest BCUT2D eigenvalue weighted by atomic mass is 9.73. The van der Waals surface area contributed by atoms with Crippen LogP contribution in [0.5, 0.6) is 0 Å². The molecule has 2 heterocycles. The number of ether oxygens (including phenoxy) is 1. The SMILES string of the molecule is COC(=O)C12CC(CN1C)C2. The van der Waals surface area contributed by atoms with E-state index in [2.05, 4.69) is 4.90 Å². The highest BCUT2D eigenvalue weighted by molar-refractivity contribution is 5.83. The average molecular weight is 155 g/mol. The van der Waals surface area contributed by atoms with Crippen LogP contribution in [0.3, 0.4) is 0 Å². The molecule has 3 rings (SSSR count). The van der Waals surface area contributed by atoms with Crippen molar-refractivity contribution in [3.63, 3.8) is 0 Å². The predicted molar refractivity (Wildman–Crippen MR) is 40.1 cm³/mol. The lowest BCUT2D eigenvalue weighted by Gasteiger charge is -2.37. The molecule has 0 atom stereocenters. The van der Waals surface area contributed by atoms with Crippen LogP contribution in [0.4, 0.5) is 0 Å². The minimum absolute atomic E-state index is 0.0475. The van der Waals surface area contributed by atoms with Crippen LogP contribution in [0, 0.1) is 5.92 Å². The number of fused-ring (bicyclic) bond motifs is 1. The molecule has 3 nitrogen and oxygen atoms in total. The Morgan fingerprint density at radius 2 is 2.27 bits per heavy atom. The maximum absolute atomic E-state index is 11.3. The van der Waals surface area contributed by atoms with Gasteiger partial charge in [0.1, 0.15) is 5.54 Å². The van der Waals surface area contributed by atoms with E-state index in [1.54, 1.807) is 0 Å². The van der Waals surface area contributed by atoms with Crippen molar-refractivity contribution in [1.82, 2.24) is 4.90 Å². The van der Waals surface area contributed by atoms with Gasteiger partial charge in [0.05, 0.1) is 7.11 Å². The van der Waals surface area contributed by atoms with Crippen molar-refractivity contribution in [3.8, 4) is 0 Å². The summed E-state index contributed by atoms with van der Waals surface area (Å²) in [6, 6.07) is 0. The van der Waals surface area contributed by atoms with E-state index in [0.717, 1.165) is 25.3 Å². The molecule has 2 saturated heterocycles. The fourth-order valence-corrected chi connectivity index (χ4v) is 2.41. The standard InChI is InChI=1S/C8H13NO2/c1-9-5-6-3-8(9,4-6)7(10)11-2/h6H,3-5H2,1-2H3. The zero-order valence-electron chi connectivity index (χ0n) is 6.96. The molecule has 1 saturated carbocycles. The molecule has 3 heteroatoms. The molecule has 0 spiro atoms. The summed E-state index contributed by atoms with van der Waals surface area (Å²) in [4.78, 5) is 13.4. The van der Waals surface area contributed by atoms with Crippen molar-refractivity contribution in [3.05, 3.63) is 0 Å². The number of carbonyl (C=O) groups is 1. The smallest absolute Gasteiger partial charge is 0.326 e. The van der Waals surface area contributed by atoms with E-state index >= 15 is 0 Å². The molecule has 0 radical (unpaired) electrons. The first-order chi connectivity index (χ1) is 5.19. The Hall–Kier alpha value is -0.570. The van der Waals surface area contributed by atoms with Crippen LogP contribution in [0.2, 0.25) is 0 Å². The molecule has 2 bridgehead atoms. The summed E-state index contributed by atoms with van der Waals surface area (Å²) in [5.41, 5.74) is -0.223. The second kappa shape index (κ2) is 1.97. The van der Waals surface area contributed by atoms with E-state index in [9.17, 15) is 4.79 Å². The molecule has 0 amide bonds.